The molecule has 1 aromatic carbocycles. The Morgan fingerprint density at radius 2 is 2.30 bits per heavy atom. The molecule has 0 unspecified atom stereocenters. The zero-order valence-corrected chi connectivity index (χ0v) is 12.1. The number of amides is 1. The van der Waals surface area contributed by atoms with E-state index in [0.717, 1.165) is 11.8 Å². The van der Waals surface area contributed by atoms with Gasteiger partial charge in [0, 0.05) is 0 Å². The quantitative estimate of drug-likeness (QED) is 0.656. The minimum atomic E-state index is -1.08. The maximum absolute atomic E-state index is 11.5. The standard InChI is InChI=1S/C13H11NO4S2/c1-2-18-9-4-3-7(5-8(9)12(16)17)6-10-11(15)14-13(19)20-10/h3-6H,2H2,1H3,(H,16,17)(H,14,15,19)/b10-6-. The number of hydrogen-bond donors (Lipinski definition) is 2. The van der Waals surface area contributed by atoms with Crippen LogP contribution >= 0.6 is 24.0 Å². The fourth-order valence-corrected chi connectivity index (χ4v) is 2.70. The van der Waals surface area contributed by atoms with Crippen LogP contribution in [-0.4, -0.2) is 27.9 Å². The van der Waals surface area contributed by atoms with Gasteiger partial charge >= 0.3 is 5.97 Å². The molecule has 104 valence electrons. The maximum atomic E-state index is 11.5. The lowest BCUT2D eigenvalue weighted by Crippen LogP contribution is -2.17. The van der Waals surface area contributed by atoms with Crippen molar-refractivity contribution in [2.24, 2.45) is 0 Å². The van der Waals surface area contributed by atoms with Gasteiger partial charge in [0.1, 0.15) is 15.6 Å². The Bertz CT molecular complexity index is 625. The van der Waals surface area contributed by atoms with Crippen molar-refractivity contribution >= 4 is 46.3 Å². The lowest BCUT2D eigenvalue weighted by atomic mass is 10.1. The monoisotopic (exact) mass is 309 g/mol. The highest BCUT2D eigenvalue weighted by Gasteiger charge is 2.22. The summed E-state index contributed by atoms with van der Waals surface area (Å²) in [6, 6.07) is 4.74. The van der Waals surface area contributed by atoms with E-state index in [4.69, 9.17) is 22.1 Å². The second-order valence-corrected chi connectivity index (χ2v) is 5.56. The Kier molecular flexibility index (Phi) is 4.41. The third kappa shape index (κ3) is 3.17. The average molecular weight is 309 g/mol. The van der Waals surface area contributed by atoms with Crippen molar-refractivity contribution < 1.29 is 19.4 Å². The Balaban J connectivity index is 2.37. The number of hydrogen-bond acceptors (Lipinski definition) is 5. The van der Waals surface area contributed by atoms with Gasteiger partial charge in [0.2, 0.25) is 0 Å². The van der Waals surface area contributed by atoms with E-state index in [1.165, 1.54) is 6.07 Å². The molecule has 1 fully saturated rings. The summed E-state index contributed by atoms with van der Waals surface area (Å²) >= 11 is 6.04. The van der Waals surface area contributed by atoms with E-state index in [9.17, 15) is 9.59 Å². The highest BCUT2D eigenvalue weighted by molar-refractivity contribution is 8.26. The van der Waals surface area contributed by atoms with E-state index >= 15 is 0 Å². The van der Waals surface area contributed by atoms with E-state index in [-0.39, 0.29) is 11.5 Å². The molecule has 0 aliphatic carbocycles. The first-order chi connectivity index (χ1) is 9.51. The number of nitrogens with one attached hydrogen (secondary N) is 1. The first-order valence-corrected chi connectivity index (χ1v) is 6.98. The third-order valence-electron chi connectivity index (χ3n) is 2.47. The summed E-state index contributed by atoms with van der Waals surface area (Å²) in [5.41, 5.74) is 0.667. The fraction of sp³-hybridized carbons (Fsp3) is 0.154. The number of thioether (sulfide) groups is 1. The number of carboxylic acids is 1. The van der Waals surface area contributed by atoms with Crippen LogP contribution in [0.1, 0.15) is 22.8 Å². The number of thiocarbonyl (C=S) groups is 1. The number of rotatable bonds is 4. The van der Waals surface area contributed by atoms with Crippen molar-refractivity contribution in [3.8, 4) is 5.75 Å². The topological polar surface area (TPSA) is 75.6 Å². The first kappa shape index (κ1) is 14.5. The van der Waals surface area contributed by atoms with Gasteiger partial charge in [0.15, 0.2) is 0 Å². The summed E-state index contributed by atoms with van der Waals surface area (Å²) < 4.78 is 5.65. The predicted molar refractivity (Wildman–Crippen MR) is 80.9 cm³/mol. The molecule has 2 N–H and O–H groups in total. The molecule has 1 aliphatic heterocycles. The third-order valence-corrected chi connectivity index (χ3v) is 3.64. The SMILES string of the molecule is CCOc1ccc(/C=C2\SC(=S)NC2=O)cc1C(=O)O. The Morgan fingerprint density at radius 1 is 1.55 bits per heavy atom. The molecule has 5 nitrogen and oxygen atoms in total. The van der Waals surface area contributed by atoms with E-state index in [0.29, 0.717) is 27.1 Å². The largest absolute Gasteiger partial charge is 0.493 e. The van der Waals surface area contributed by atoms with Crippen LogP contribution in [-0.2, 0) is 4.79 Å². The number of aromatic carboxylic acids is 1. The summed E-state index contributed by atoms with van der Waals surface area (Å²) in [5, 5.41) is 11.7. The highest BCUT2D eigenvalue weighted by atomic mass is 32.2. The van der Waals surface area contributed by atoms with Gasteiger partial charge in [0.25, 0.3) is 5.91 Å². The summed E-state index contributed by atoms with van der Waals surface area (Å²) in [4.78, 5) is 23.2. The van der Waals surface area contributed by atoms with Crippen LogP contribution in [0.2, 0.25) is 0 Å². The molecular formula is C13H11NO4S2. The lowest BCUT2D eigenvalue weighted by molar-refractivity contribution is -0.115. The highest BCUT2D eigenvalue weighted by Crippen LogP contribution is 2.28. The lowest BCUT2D eigenvalue weighted by Gasteiger charge is -2.07. The molecule has 0 atom stereocenters. The van der Waals surface area contributed by atoms with Crippen molar-refractivity contribution in [3.63, 3.8) is 0 Å². The molecule has 7 heteroatoms. The normalized spacial score (nSPS) is 16.4. The van der Waals surface area contributed by atoms with Crippen LogP contribution < -0.4 is 10.1 Å². The van der Waals surface area contributed by atoms with Crippen molar-refractivity contribution in [1.29, 1.82) is 0 Å². The second kappa shape index (κ2) is 6.06. The summed E-state index contributed by atoms with van der Waals surface area (Å²) in [7, 11) is 0. The molecule has 1 aromatic rings. The van der Waals surface area contributed by atoms with Crippen molar-refractivity contribution in [3.05, 3.63) is 34.2 Å². The minimum Gasteiger partial charge on any atom is -0.493 e. The van der Waals surface area contributed by atoms with E-state index in [1.807, 2.05) is 0 Å². The summed E-state index contributed by atoms with van der Waals surface area (Å²) in [6.45, 7) is 2.16. The second-order valence-electron chi connectivity index (χ2n) is 3.85. The molecule has 1 saturated heterocycles. The predicted octanol–water partition coefficient (Wildman–Crippen LogP) is 2.27. The number of carbonyl (C=O) groups excluding carboxylic acids is 1. The van der Waals surface area contributed by atoms with E-state index in [2.05, 4.69) is 5.32 Å². The van der Waals surface area contributed by atoms with Gasteiger partial charge in [-0.25, -0.2) is 4.79 Å². The van der Waals surface area contributed by atoms with Gasteiger partial charge in [0.05, 0.1) is 11.5 Å². The Hall–Kier alpha value is -1.86. The molecule has 0 bridgehead atoms. The van der Waals surface area contributed by atoms with E-state index in [1.54, 1.807) is 25.1 Å². The van der Waals surface area contributed by atoms with Gasteiger partial charge in [-0.1, -0.05) is 30.0 Å². The molecular weight excluding hydrogens is 298 g/mol. The number of carbonyl (C=O) groups is 2. The van der Waals surface area contributed by atoms with Crippen LogP contribution in [0.25, 0.3) is 6.08 Å². The van der Waals surface area contributed by atoms with Crippen LogP contribution in [0.5, 0.6) is 5.75 Å². The van der Waals surface area contributed by atoms with Crippen LogP contribution in [0.3, 0.4) is 0 Å². The zero-order chi connectivity index (χ0) is 14.7. The van der Waals surface area contributed by atoms with Gasteiger partial charge in [-0.15, -0.1) is 0 Å². The average Bonchev–Trinajstić information content (AvgIpc) is 2.69. The molecule has 0 spiro atoms. The molecule has 0 aromatic heterocycles. The van der Waals surface area contributed by atoms with Crippen molar-refractivity contribution in [1.82, 2.24) is 5.32 Å². The zero-order valence-electron chi connectivity index (χ0n) is 10.5. The summed E-state index contributed by atoms with van der Waals surface area (Å²) in [6.07, 6.45) is 1.60. The number of benzene rings is 1. The van der Waals surface area contributed by atoms with Crippen LogP contribution in [0.15, 0.2) is 23.1 Å². The molecule has 0 radical (unpaired) electrons. The fourth-order valence-electron chi connectivity index (χ4n) is 1.66. The van der Waals surface area contributed by atoms with Gasteiger partial charge < -0.3 is 15.2 Å². The molecule has 2 rings (SSSR count). The minimum absolute atomic E-state index is 0.0622. The Morgan fingerprint density at radius 3 is 2.85 bits per heavy atom. The molecule has 1 heterocycles. The van der Waals surface area contributed by atoms with Crippen LogP contribution in [0, 0.1) is 0 Å². The number of carboxylic acid groups (broad SMARTS) is 1. The van der Waals surface area contributed by atoms with Crippen LogP contribution in [0.4, 0.5) is 0 Å². The maximum Gasteiger partial charge on any atom is 0.339 e. The van der Waals surface area contributed by atoms with Gasteiger partial charge in [-0.05, 0) is 30.7 Å². The summed E-state index contributed by atoms with van der Waals surface area (Å²) in [5.74, 6) is -1.04. The first-order valence-electron chi connectivity index (χ1n) is 5.76. The number of ether oxygens (including phenoxy) is 1. The van der Waals surface area contributed by atoms with Crippen molar-refractivity contribution in [2.75, 3.05) is 6.61 Å². The smallest absolute Gasteiger partial charge is 0.339 e. The van der Waals surface area contributed by atoms with Gasteiger partial charge in [-0.2, -0.15) is 0 Å². The van der Waals surface area contributed by atoms with Gasteiger partial charge in [-0.3, -0.25) is 4.79 Å². The molecule has 1 aliphatic rings. The Labute approximate surface area is 125 Å². The van der Waals surface area contributed by atoms with Crippen molar-refractivity contribution in [2.45, 2.75) is 6.92 Å². The molecule has 20 heavy (non-hydrogen) atoms. The molecule has 0 saturated carbocycles. The van der Waals surface area contributed by atoms with E-state index < -0.39 is 5.97 Å². The molecule has 1 amide bonds.